The van der Waals surface area contributed by atoms with Crippen molar-refractivity contribution in [3.63, 3.8) is 0 Å². The van der Waals surface area contributed by atoms with Crippen LogP contribution in [0.4, 0.5) is 0 Å². The first-order chi connectivity index (χ1) is 9.65. The Morgan fingerprint density at radius 3 is 2.50 bits per heavy atom. The Bertz CT molecular complexity index is 618. The fourth-order valence-electron chi connectivity index (χ4n) is 1.62. The molecule has 2 aromatic rings. The van der Waals surface area contributed by atoms with Crippen molar-refractivity contribution in [1.82, 2.24) is 0 Å². The Labute approximate surface area is 122 Å². The Kier molecular flexibility index (Phi) is 4.80. The third-order valence-electron chi connectivity index (χ3n) is 2.65. The van der Waals surface area contributed by atoms with E-state index in [0.29, 0.717) is 17.4 Å². The molecule has 0 aliphatic rings. The molecule has 0 aromatic heterocycles. The smallest absolute Gasteiger partial charge is 0.328 e. The monoisotopic (exact) mass is 288 g/mol. The van der Waals surface area contributed by atoms with E-state index in [9.17, 15) is 4.79 Å². The lowest BCUT2D eigenvalue weighted by atomic mass is 10.2. The normalized spacial score (nSPS) is 10.7. The van der Waals surface area contributed by atoms with Gasteiger partial charge in [0.05, 0.1) is 0 Å². The van der Waals surface area contributed by atoms with E-state index in [4.69, 9.17) is 21.4 Å². The lowest BCUT2D eigenvalue weighted by molar-refractivity contribution is -0.131. The molecule has 1 N–H and O–H groups in total. The summed E-state index contributed by atoms with van der Waals surface area (Å²) in [6, 6.07) is 14.7. The molecule has 0 spiro atoms. The molecule has 0 radical (unpaired) electrons. The predicted octanol–water partition coefficient (Wildman–Crippen LogP) is 4.02. The summed E-state index contributed by atoms with van der Waals surface area (Å²) >= 11 is 6.04. The molecule has 102 valence electrons. The fourth-order valence-corrected chi connectivity index (χ4v) is 1.81. The summed E-state index contributed by atoms with van der Waals surface area (Å²) in [5.41, 5.74) is 1.72. The number of hydrogen-bond acceptors (Lipinski definition) is 2. The topological polar surface area (TPSA) is 46.5 Å². The molecule has 0 aliphatic carbocycles. The summed E-state index contributed by atoms with van der Waals surface area (Å²) in [6.07, 6.45) is 2.62. The van der Waals surface area contributed by atoms with Crippen molar-refractivity contribution in [3.05, 3.63) is 70.8 Å². The molecule has 0 atom stereocenters. The van der Waals surface area contributed by atoms with Crippen LogP contribution in [0.15, 0.2) is 54.6 Å². The zero-order valence-electron chi connectivity index (χ0n) is 10.6. The van der Waals surface area contributed by atoms with Gasteiger partial charge in [-0.3, -0.25) is 0 Å². The number of benzene rings is 2. The van der Waals surface area contributed by atoms with Gasteiger partial charge in [-0.25, -0.2) is 4.79 Å². The second-order valence-electron chi connectivity index (χ2n) is 4.12. The number of carboxylic acids is 1. The number of carbonyl (C=O) groups is 1. The zero-order chi connectivity index (χ0) is 14.4. The summed E-state index contributed by atoms with van der Waals surface area (Å²) in [4.78, 5) is 10.4. The highest BCUT2D eigenvalue weighted by atomic mass is 35.5. The van der Waals surface area contributed by atoms with Crippen molar-refractivity contribution in [3.8, 4) is 5.75 Å². The average molecular weight is 289 g/mol. The maximum Gasteiger partial charge on any atom is 0.328 e. The Hall–Kier alpha value is -2.26. The van der Waals surface area contributed by atoms with E-state index in [1.54, 1.807) is 24.3 Å². The van der Waals surface area contributed by atoms with Crippen LogP contribution in [0.3, 0.4) is 0 Å². The van der Waals surface area contributed by atoms with Crippen molar-refractivity contribution >= 4 is 23.6 Å². The quantitative estimate of drug-likeness (QED) is 0.845. The van der Waals surface area contributed by atoms with Crippen LogP contribution in [0.2, 0.25) is 5.02 Å². The van der Waals surface area contributed by atoms with Crippen molar-refractivity contribution in [1.29, 1.82) is 0 Å². The van der Waals surface area contributed by atoms with Gasteiger partial charge in [0.2, 0.25) is 0 Å². The van der Waals surface area contributed by atoms with Crippen LogP contribution in [-0.2, 0) is 11.4 Å². The first-order valence-electron chi connectivity index (χ1n) is 6.02. The molecule has 0 saturated carbocycles. The molecule has 0 saturated heterocycles. The van der Waals surface area contributed by atoms with Crippen LogP contribution in [0, 0.1) is 0 Å². The molecule has 0 heterocycles. The largest absolute Gasteiger partial charge is 0.489 e. The highest BCUT2D eigenvalue weighted by molar-refractivity contribution is 6.31. The van der Waals surface area contributed by atoms with Gasteiger partial charge in [-0.05, 0) is 29.8 Å². The first-order valence-corrected chi connectivity index (χ1v) is 6.40. The van der Waals surface area contributed by atoms with Gasteiger partial charge >= 0.3 is 5.97 Å². The minimum atomic E-state index is -0.968. The van der Waals surface area contributed by atoms with Gasteiger partial charge in [-0.2, -0.15) is 0 Å². The number of hydrogen-bond donors (Lipinski definition) is 1. The van der Waals surface area contributed by atoms with Gasteiger partial charge < -0.3 is 9.84 Å². The van der Waals surface area contributed by atoms with Crippen LogP contribution in [-0.4, -0.2) is 11.1 Å². The van der Waals surface area contributed by atoms with E-state index in [1.165, 1.54) is 6.08 Å². The van der Waals surface area contributed by atoms with Gasteiger partial charge in [0.25, 0.3) is 0 Å². The third-order valence-corrected chi connectivity index (χ3v) is 3.02. The van der Waals surface area contributed by atoms with Gasteiger partial charge in [-0.1, -0.05) is 41.9 Å². The fraction of sp³-hybridized carbons (Fsp3) is 0.0625. The van der Waals surface area contributed by atoms with E-state index in [1.807, 2.05) is 24.3 Å². The van der Waals surface area contributed by atoms with Crippen molar-refractivity contribution in [2.24, 2.45) is 0 Å². The average Bonchev–Trinajstić information content (AvgIpc) is 2.45. The minimum Gasteiger partial charge on any atom is -0.489 e. The van der Waals surface area contributed by atoms with E-state index < -0.39 is 5.97 Å². The van der Waals surface area contributed by atoms with Crippen LogP contribution >= 0.6 is 11.6 Å². The van der Waals surface area contributed by atoms with E-state index in [2.05, 4.69) is 0 Å². The van der Waals surface area contributed by atoms with Crippen molar-refractivity contribution in [2.75, 3.05) is 0 Å². The summed E-state index contributed by atoms with van der Waals surface area (Å²) in [5.74, 6) is -0.263. The van der Waals surface area contributed by atoms with E-state index in [-0.39, 0.29) is 0 Å². The highest BCUT2D eigenvalue weighted by Gasteiger charge is 2.00. The number of ether oxygens (including phenoxy) is 1. The van der Waals surface area contributed by atoms with Crippen LogP contribution in [0.1, 0.15) is 11.1 Å². The molecule has 0 fully saturated rings. The second-order valence-corrected chi connectivity index (χ2v) is 4.53. The molecule has 0 unspecified atom stereocenters. The lowest BCUT2D eigenvalue weighted by Gasteiger charge is -2.07. The number of aliphatic carboxylic acids is 1. The predicted molar refractivity (Wildman–Crippen MR) is 78.9 cm³/mol. The number of halogens is 1. The third kappa shape index (κ3) is 4.14. The lowest BCUT2D eigenvalue weighted by Crippen LogP contribution is -1.95. The molecule has 2 aromatic carbocycles. The molecule has 20 heavy (non-hydrogen) atoms. The Morgan fingerprint density at radius 1 is 1.15 bits per heavy atom. The molecule has 2 rings (SSSR count). The van der Waals surface area contributed by atoms with E-state index >= 15 is 0 Å². The summed E-state index contributed by atoms with van der Waals surface area (Å²) in [6.45, 7) is 0.393. The van der Waals surface area contributed by atoms with Gasteiger partial charge in [-0.15, -0.1) is 0 Å². The maximum atomic E-state index is 10.4. The van der Waals surface area contributed by atoms with E-state index in [0.717, 1.165) is 17.2 Å². The van der Waals surface area contributed by atoms with Crippen LogP contribution in [0.5, 0.6) is 5.75 Å². The maximum absolute atomic E-state index is 10.4. The molecule has 4 heteroatoms. The molecule has 3 nitrogen and oxygen atoms in total. The number of carboxylic acid groups (broad SMARTS) is 1. The zero-order valence-corrected chi connectivity index (χ0v) is 11.4. The van der Waals surface area contributed by atoms with Crippen LogP contribution in [0.25, 0.3) is 6.08 Å². The Balaban J connectivity index is 1.97. The molecular weight excluding hydrogens is 276 g/mol. The summed E-state index contributed by atoms with van der Waals surface area (Å²) in [7, 11) is 0. The van der Waals surface area contributed by atoms with Gasteiger partial charge in [0, 0.05) is 16.7 Å². The standard InChI is InChI=1S/C16H13ClO3/c17-15-4-2-1-3-13(15)11-20-14-8-5-12(6-9-14)7-10-16(18)19/h1-10H,11H2,(H,18,19)/b10-7-. The summed E-state index contributed by atoms with van der Waals surface area (Å²) in [5, 5.41) is 9.22. The molecule has 0 amide bonds. The number of rotatable bonds is 5. The van der Waals surface area contributed by atoms with Crippen molar-refractivity contribution in [2.45, 2.75) is 6.61 Å². The van der Waals surface area contributed by atoms with Crippen molar-refractivity contribution < 1.29 is 14.6 Å². The van der Waals surface area contributed by atoms with Gasteiger partial charge in [0.1, 0.15) is 12.4 Å². The summed E-state index contributed by atoms with van der Waals surface area (Å²) < 4.78 is 5.63. The SMILES string of the molecule is O=C(O)/C=C\c1ccc(OCc2ccccc2Cl)cc1. The Morgan fingerprint density at radius 2 is 1.85 bits per heavy atom. The highest BCUT2D eigenvalue weighted by Crippen LogP contribution is 2.19. The molecule has 0 aliphatic heterocycles. The first kappa shape index (κ1) is 14.2. The molecular formula is C16H13ClO3. The second kappa shape index (κ2) is 6.78. The molecule has 0 bridgehead atoms. The van der Waals surface area contributed by atoms with Crippen LogP contribution < -0.4 is 4.74 Å². The van der Waals surface area contributed by atoms with Gasteiger partial charge in [0.15, 0.2) is 0 Å². The minimum absolute atomic E-state index is 0.393.